The lowest BCUT2D eigenvalue weighted by Gasteiger charge is -2.26. The fraction of sp³-hybridized carbons (Fsp3) is 0.538. The Morgan fingerprint density at radius 1 is 1.33 bits per heavy atom. The maximum absolute atomic E-state index is 4.30. The van der Waals surface area contributed by atoms with Gasteiger partial charge in [-0.2, -0.15) is 0 Å². The van der Waals surface area contributed by atoms with Gasteiger partial charge in [0.05, 0.1) is 6.04 Å². The Kier molecular flexibility index (Phi) is 3.25. The number of hydrogen-bond donors (Lipinski definition) is 2. The number of piperidine rings is 1. The molecular weight excluding hydrogens is 226 g/mol. The number of aromatic nitrogens is 3. The van der Waals surface area contributed by atoms with Gasteiger partial charge in [0.25, 0.3) is 0 Å². The quantitative estimate of drug-likeness (QED) is 0.851. The van der Waals surface area contributed by atoms with Gasteiger partial charge in [0.15, 0.2) is 11.5 Å². The Balaban J connectivity index is 1.76. The molecule has 1 unspecified atom stereocenters. The molecule has 96 valence electrons. The van der Waals surface area contributed by atoms with E-state index in [0.29, 0.717) is 6.04 Å². The Bertz CT molecular complexity index is 515. The molecule has 1 saturated heterocycles. The van der Waals surface area contributed by atoms with Crippen molar-refractivity contribution >= 4 is 5.65 Å². The van der Waals surface area contributed by atoms with Gasteiger partial charge in [-0.1, -0.05) is 6.07 Å². The van der Waals surface area contributed by atoms with E-state index in [9.17, 15) is 0 Å². The second kappa shape index (κ2) is 5.04. The number of rotatable bonds is 3. The molecule has 2 aromatic heterocycles. The van der Waals surface area contributed by atoms with Crippen LogP contribution in [0.5, 0.6) is 0 Å². The molecule has 0 aliphatic carbocycles. The topological polar surface area (TPSA) is 54.2 Å². The molecule has 3 rings (SSSR count). The second-order valence-electron chi connectivity index (χ2n) is 4.90. The molecule has 1 aliphatic heterocycles. The molecule has 1 fully saturated rings. The average Bonchev–Trinajstić information content (AvgIpc) is 2.84. The van der Waals surface area contributed by atoms with Crippen molar-refractivity contribution < 1.29 is 0 Å². The zero-order chi connectivity index (χ0) is 12.4. The molecular formula is C13H19N5. The van der Waals surface area contributed by atoms with Crippen molar-refractivity contribution in [3.63, 3.8) is 0 Å². The lowest BCUT2D eigenvalue weighted by molar-refractivity contribution is 0.352. The summed E-state index contributed by atoms with van der Waals surface area (Å²) >= 11 is 0. The highest BCUT2D eigenvalue weighted by Crippen LogP contribution is 2.14. The molecule has 3 heterocycles. The largest absolute Gasteiger partial charge is 0.317 e. The van der Waals surface area contributed by atoms with E-state index < -0.39 is 0 Å². The zero-order valence-corrected chi connectivity index (χ0v) is 10.6. The van der Waals surface area contributed by atoms with Gasteiger partial charge < -0.3 is 10.6 Å². The number of pyridine rings is 1. The number of hydrogen-bond acceptors (Lipinski definition) is 4. The Morgan fingerprint density at radius 2 is 2.17 bits per heavy atom. The highest BCUT2D eigenvalue weighted by molar-refractivity contribution is 5.37. The summed E-state index contributed by atoms with van der Waals surface area (Å²) in [5.41, 5.74) is 0.909. The van der Waals surface area contributed by atoms with Gasteiger partial charge in [-0.15, -0.1) is 10.2 Å². The third kappa shape index (κ3) is 2.23. The fourth-order valence-corrected chi connectivity index (χ4v) is 2.57. The third-order valence-corrected chi connectivity index (χ3v) is 3.55. The molecule has 2 aromatic rings. The molecule has 0 aromatic carbocycles. The molecule has 0 saturated carbocycles. The molecule has 0 radical (unpaired) electrons. The van der Waals surface area contributed by atoms with Crippen LogP contribution in [0, 0.1) is 0 Å². The Morgan fingerprint density at radius 3 is 3.00 bits per heavy atom. The first-order valence-electron chi connectivity index (χ1n) is 6.61. The molecule has 18 heavy (non-hydrogen) atoms. The summed E-state index contributed by atoms with van der Waals surface area (Å²) in [6.07, 6.45) is 4.38. The van der Waals surface area contributed by atoms with Crippen molar-refractivity contribution in [3.05, 3.63) is 30.2 Å². The van der Waals surface area contributed by atoms with E-state index in [-0.39, 0.29) is 6.04 Å². The van der Waals surface area contributed by atoms with Gasteiger partial charge in [0.2, 0.25) is 0 Å². The van der Waals surface area contributed by atoms with Crippen LogP contribution in [-0.4, -0.2) is 33.7 Å². The standard InChI is InChI=1S/C13H19N5/c1-10(15-11-5-7-14-8-6-11)13-17-16-12-4-2-3-9-18(12)13/h2-4,9-11,14-15H,5-8H2,1H3. The Labute approximate surface area is 107 Å². The van der Waals surface area contributed by atoms with E-state index >= 15 is 0 Å². The van der Waals surface area contributed by atoms with Crippen LogP contribution >= 0.6 is 0 Å². The summed E-state index contributed by atoms with van der Waals surface area (Å²) < 4.78 is 2.05. The molecule has 1 atom stereocenters. The van der Waals surface area contributed by atoms with E-state index in [4.69, 9.17) is 0 Å². The first kappa shape index (κ1) is 11.6. The van der Waals surface area contributed by atoms with Crippen LogP contribution in [0.25, 0.3) is 5.65 Å². The van der Waals surface area contributed by atoms with Crippen LogP contribution in [0.2, 0.25) is 0 Å². The van der Waals surface area contributed by atoms with Crippen molar-refractivity contribution in [3.8, 4) is 0 Å². The van der Waals surface area contributed by atoms with E-state index in [1.807, 2.05) is 24.4 Å². The number of nitrogens with one attached hydrogen (secondary N) is 2. The van der Waals surface area contributed by atoms with Crippen LogP contribution < -0.4 is 10.6 Å². The fourth-order valence-electron chi connectivity index (χ4n) is 2.57. The van der Waals surface area contributed by atoms with Crippen molar-refractivity contribution in [2.24, 2.45) is 0 Å². The van der Waals surface area contributed by atoms with Gasteiger partial charge >= 0.3 is 0 Å². The van der Waals surface area contributed by atoms with E-state index in [2.05, 4.69) is 32.2 Å². The molecule has 5 heteroatoms. The van der Waals surface area contributed by atoms with Crippen LogP contribution in [0.1, 0.15) is 31.6 Å². The maximum Gasteiger partial charge on any atom is 0.160 e. The zero-order valence-electron chi connectivity index (χ0n) is 10.6. The minimum Gasteiger partial charge on any atom is -0.317 e. The van der Waals surface area contributed by atoms with Crippen LogP contribution in [0.15, 0.2) is 24.4 Å². The van der Waals surface area contributed by atoms with Crippen molar-refractivity contribution in [2.45, 2.75) is 31.8 Å². The Hall–Kier alpha value is -1.46. The smallest absolute Gasteiger partial charge is 0.160 e. The molecule has 0 bridgehead atoms. The molecule has 2 N–H and O–H groups in total. The maximum atomic E-state index is 4.30. The number of nitrogens with zero attached hydrogens (tertiary/aromatic N) is 3. The molecule has 0 spiro atoms. The molecule has 1 aliphatic rings. The minimum absolute atomic E-state index is 0.227. The summed E-state index contributed by atoms with van der Waals surface area (Å²) in [7, 11) is 0. The molecule has 5 nitrogen and oxygen atoms in total. The van der Waals surface area contributed by atoms with Crippen LogP contribution in [0.4, 0.5) is 0 Å². The summed E-state index contributed by atoms with van der Waals surface area (Å²) in [5, 5.41) is 15.5. The summed E-state index contributed by atoms with van der Waals surface area (Å²) in [5.74, 6) is 0.990. The predicted molar refractivity (Wildman–Crippen MR) is 70.4 cm³/mol. The SMILES string of the molecule is CC(NC1CCNCC1)c1nnc2ccccn12. The van der Waals surface area contributed by atoms with E-state index in [1.54, 1.807) is 0 Å². The predicted octanol–water partition coefficient (Wildman–Crippen LogP) is 1.13. The monoisotopic (exact) mass is 245 g/mol. The number of fused-ring (bicyclic) bond motifs is 1. The van der Waals surface area contributed by atoms with Gasteiger partial charge in [-0.25, -0.2) is 0 Å². The highest BCUT2D eigenvalue weighted by atomic mass is 15.3. The third-order valence-electron chi connectivity index (χ3n) is 3.55. The second-order valence-corrected chi connectivity index (χ2v) is 4.90. The average molecular weight is 245 g/mol. The summed E-state index contributed by atoms with van der Waals surface area (Å²) in [6, 6.07) is 6.78. The van der Waals surface area contributed by atoms with E-state index in [1.165, 1.54) is 12.8 Å². The lowest BCUT2D eigenvalue weighted by Crippen LogP contribution is -2.41. The first-order valence-corrected chi connectivity index (χ1v) is 6.61. The van der Waals surface area contributed by atoms with Crippen molar-refractivity contribution in [1.82, 2.24) is 25.2 Å². The first-order chi connectivity index (χ1) is 8.84. The normalized spacial score (nSPS) is 19.2. The highest BCUT2D eigenvalue weighted by Gasteiger charge is 2.19. The van der Waals surface area contributed by atoms with E-state index in [0.717, 1.165) is 24.6 Å². The summed E-state index contributed by atoms with van der Waals surface area (Å²) in [4.78, 5) is 0. The van der Waals surface area contributed by atoms with Gasteiger partial charge in [-0.3, -0.25) is 4.40 Å². The minimum atomic E-state index is 0.227. The van der Waals surface area contributed by atoms with Gasteiger partial charge in [0, 0.05) is 12.2 Å². The van der Waals surface area contributed by atoms with Crippen molar-refractivity contribution in [1.29, 1.82) is 0 Å². The van der Waals surface area contributed by atoms with Gasteiger partial charge in [0.1, 0.15) is 0 Å². The van der Waals surface area contributed by atoms with Gasteiger partial charge in [-0.05, 0) is 45.0 Å². The van der Waals surface area contributed by atoms with Crippen LogP contribution in [-0.2, 0) is 0 Å². The summed E-state index contributed by atoms with van der Waals surface area (Å²) in [6.45, 7) is 4.36. The van der Waals surface area contributed by atoms with Crippen molar-refractivity contribution in [2.75, 3.05) is 13.1 Å². The molecule has 0 amide bonds. The lowest BCUT2D eigenvalue weighted by atomic mass is 10.1. The van der Waals surface area contributed by atoms with Crippen LogP contribution in [0.3, 0.4) is 0 Å².